The van der Waals surface area contributed by atoms with Crippen molar-refractivity contribution in [2.75, 3.05) is 0 Å². The van der Waals surface area contributed by atoms with Gasteiger partial charge in [-0.1, -0.05) is 18.7 Å². The van der Waals surface area contributed by atoms with Gasteiger partial charge in [0.15, 0.2) is 0 Å². The highest BCUT2D eigenvalue weighted by Gasteiger charge is 2.15. The standard InChI is InChI=1S/C11H12BNO4/c1-7(2)10(14)13-11(15)8-4-3-5-9(6-8)12(16)17/h3-6,16-17H,1H2,2H3,(H,13,14,15). The smallest absolute Gasteiger partial charge is 0.423 e. The number of hydrogen-bond acceptors (Lipinski definition) is 4. The van der Waals surface area contributed by atoms with Crippen molar-refractivity contribution < 1.29 is 19.6 Å². The Morgan fingerprint density at radius 1 is 1.35 bits per heavy atom. The van der Waals surface area contributed by atoms with Gasteiger partial charge < -0.3 is 10.0 Å². The Balaban J connectivity index is 2.86. The van der Waals surface area contributed by atoms with E-state index in [0.29, 0.717) is 0 Å². The maximum Gasteiger partial charge on any atom is 0.488 e. The fraction of sp³-hybridized carbons (Fsp3) is 0.0909. The van der Waals surface area contributed by atoms with Gasteiger partial charge in [-0.3, -0.25) is 14.9 Å². The Morgan fingerprint density at radius 2 is 2.00 bits per heavy atom. The molecule has 0 aromatic heterocycles. The van der Waals surface area contributed by atoms with E-state index in [1.807, 2.05) is 0 Å². The fourth-order valence-electron chi connectivity index (χ4n) is 1.12. The summed E-state index contributed by atoms with van der Waals surface area (Å²) in [6.07, 6.45) is 0. The topological polar surface area (TPSA) is 86.6 Å². The summed E-state index contributed by atoms with van der Waals surface area (Å²) < 4.78 is 0. The summed E-state index contributed by atoms with van der Waals surface area (Å²) in [7, 11) is -1.65. The summed E-state index contributed by atoms with van der Waals surface area (Å²) in [5.74, 6) is -1.18. The first-order valence-electron chi connectivity index (χ1n) is 4.89. The third-order valence-corrected chi connectivity index (χ3v) is 2.06. The SMILES string of the molecule is C=C(C)C(=O)NC(=O)c1cccc(B(O)O)c1. The summed E-state index contributed by atoms with van der Waals surface area (Å²) in [5, 5.41) is 20.0. The van der Waals surface area contributed by atoms with Crippen molar-refractivity contribution in [2.45, 2.75) is 6.92 Å². The Hall–Kier alpha value is -1.92. The second-order valence-electron chi connectivity index (χ2n) is 3.56. The average Bonchev–Trinajstić information content (AvgIpc) is 2.28. The summed E-state index contributed by atoms with van der Waals surface area (Å²) in [5.41, 5.74) is 0.572. The molecule has 1 rings (SSSR count). The van der Waals surface area contributed by atoms with Crippen LogP contribution in [0.25, 0.3) is 0 Å². The molecule has 0 unspecified atom stereocenters. The molecule has 1 aromatic rings. The van der Waals surface area contributed by atoms with Gasteiger partial charge in [-0.05, 0) is 24.5 Å². The molecule has 0 bridgehead atoms. The van der Waals surface area contributed by atoms with E-state index >= 15 is 0 Å². The van der Waals surface area contributed by atoms with Crippen LogP contribution in [0.1, 0.15) is 17.3 Å². The van der Waals surface area contributed by atoms with E-state index in [9.17, 15) is 9.59 Å². The number of carbonyl (C=O) groups is 2. The number of imide groups is 1. The lowest BCUT2D eigenvalue weighted by Crippen LogP contribution is -2.34. The third-order valence-electron chi connectivity index (χ3n) is 2.06. The molecule has 0 aliphatic rings. The summed E-state index contributed by atoms with van der Waals surface area (Å²) in [6, 6.07) is 5.72. The third kappa shape index (κ3) is 3.55. The van der Waals surface area contributed by atoms with Crippen LogP contribution < -0.4 is 10.8 Å². The molecular weight excluding hydrogens is 221 g/mol. The molecule has 88 valence electrons. The van der Waals surface area contributed by atoms with E-state index in [4.69, 9.17) is 10.0 Å². The van der Waals surface area contributed by atoms with Crippen molar-refractivity contribution >= 4 is 24.4 Å². The number of nitrogens with one attached hydrogen (secondary N) is 1. The molecule has 0 radical (unpaired) electrons. The highest BCUT2D eigenvalue weighted by Crippen LogP contribution is 1.98. The normalized spacial score (nSPS) is 9.59. The zero-order valence-corrected chi connectivity index (χ0v) is 9.30. The minimum Gasteiger partial charge on any atom is -0.423 e. The quantitative estimate of drug-likeness (QED) is 0.471. The number of amides is 2. The lowest BCUT2D eigenvalue weighted by molar-refractivity contribution is -0.116. The van der Waals surface area contributed by atoms with Crippen LogP contribution in [0.4, 0.5) is 0 Å². The molecule has 0 spiro atoms. The fourth-order valence-corrected chi connectivity index (χ4v) is 1.12. The molecule has 17 heavy (non-hydrogen) atoms. The highest BCUT2D eigenvalue weighted by atomic mass is 16.4. The van der Waals surface area contributed by atoms with Crippen LogP contribution in [-0.4, -0.2) is 29.0 Å². The summed E-state index contributed by atoms with van der Waals surface area (Å²) >= 11 is 0. The molecule has 0 atom stereocenters. The van der Waals surface area contributed by atoms with Crippen molar-refractivity contribution in [3.8, 4) is 0 Å². The van der Waals surface area contributed by atoms with Gasteiger partial charge in [-0.2, -0.15) is 0 Å². The van der Waals surface area contributed by atoms with Crippen molar-refractivity contribution in [1.82, 2.24) is 5.32 Å². The van der Waals surface area contributed by atoms with Gasteiger partial charge in [0.2, 0.25) is 0 Å². The maximum absolute atomic E-state index is 11.6. The minimum atomic E-state index is -1.65. The van der Waals surface area contributed by atoms with Crippen molar-refractivity contribution in [1.29, 1.82) is 0 Å². The van der Waals surface area contributed by atoms with Crippen LogP contribution in [0, 0.1) is 0 Å². The minimum absolute atomic E-state index is 0.171. The van der Waals surface area contributed by atoms with Crippen LogP contribution in [0.5, 0.6) is 0 Å². The van der Waals surface area contributed by atoms with Crippen molar-refractivity contribution in [3.05, 3.63) is 42.0 Å². The van der Waals surface area contributed by atoms with E-state index in [2.05, 4.69) is 11.9 Å². The molecule has 0 heterocycles. The second-order valence-corrected chi connectivity index (χ2v) is 3.56. The van der Waals surface area contributed by atoms with Gasteiger partial charge in [0.1, 0.15) is 0 Å². The largest absolute Gasteiger partial charge is 0.488 e. The first kappa shape index (κ1) is 13.2. The van der Waals surface area contributed by atoms with Gasteiger partial charge in [-0.25, -0.2) is 0 Å². The van der Waals surface area contributed by atoms with Crippen molar-refractivity contribution in [3.63, 3.8) is 0 Å². The second kappa shape index (κ2) is 5.42. The average molecular weight is 233 g/mol. The molecule has 2 amide bonds. The molecule has 0 saturated carbocycles. The Morgan fingerprint density at radius 3 is 2.53 bits per heavy atom. The number of hydrogen-bond donors (Lipinski definition) is 3. The van der Waals surface area contributed by atoms with E-state index in [1.54, 1.807) is 0 Å². The molecular formula is C11H12BNO4. The number of carbonyl (C=O) groups excluding carboxylic acids is 2. The van der Waals surface area contributed by atoms with Crippen molar-refractivity contribution in [2.24, 2.45) is 0 Å². The lowest BCUT2D eigenvalue weighted by atomic mass is 9.79. The molecule has 0 saturated heterocycles. The van der Waals surface area contributed by atoms with Crippen LogP contribution in [-0.2, 0) is 4.79 Å². The Labute approximate surface area is 98.9 Å². The van der Waals surface area contributed by atoms with Crippen LogP contribution >= 0.6 is 0 Å². The lowest BCUT2D eigenvalue weighted by Gasteiger charge is -2.05. The van der Waals surface area contributed by atoms with E-state index < -0.39 is 18.9 Å². The van der Waals surface area contributed by atoms with Crippen LogP contribution in [0.15, 0.2) is 36.4 Å². The zero-order valence-electron chi connectivity index (χ0n) is 9.30. The van der Waals surface area contributed by atoms with Crippen LogP contribution in [0.2, 0.25) is 0 Å². The first-order valence-corrected chi connectivity index (χ1v) is 4.89. The first-order chi connectivity index (χ1) is 7.91. The van der Waals surface area contributed by atoms with E-state index in [0.717, 1.165) is 0 Å². The molecule has 1 aromatic carbocycles. The molecule has 0 aliphatic carbocycles. The van der Waals surface area contributed by atoms with Gasteiger partial charge in [-0.15, -0.1) is 0 Å². The van der Waals surface area contributed by atoms with Crippen LogP contribution in [0.3, 0.4) is 0 Å². The van der Waals surface area contributed by atoms with Gasteiger partial charge >= 0.3 is 7.12 Å². The predicted molar refractivity (Wildman–Crippen MR) is 63.6 cm³/mol. The predicted octanol–water partition coefficient (Wildman–Crippen LogP) is -0.801. The monoisotopic (exact) mass is 233 g/mol. The Bertz CT molecular complexity index is 470. The molecule has 5 nitrogen and oxygen atoms in total. The van der Waals surface area contributed by atoms with E-state index in [-0.39, 0.29) is 16.6 Å². The molecule has 0 fully saturated rings. The van der Waals surface area contributed by atoms with Gasteiger partial charge in [0, 0.05) is 11.1 Å². The summed E-state index contributed by atoms with van der Waals surface area (Å²) in [6.45, 7) is 4.89. The highest BCUT2D eigenvalue weighted by molar-refractivity contribution is 6.58. The van der Waals surface area contributed by atoms with E-state index in [1.165, 1.54) is 31.2 Å². The zero-order chi connectivity index (χ0) is 13.0. The van der Waals surface area contributed by atoms with Gasteiger partial charge in [0.05, 0.1) is 0 Å². The molecule has 3 N–H and O–H groups in total. The molecule has 6 heteroatoms. The maximum atomic E-state index is 11.6. The summed E-state index contributed by atoms with van der Waals surface area (Å²) in [4.78, 5) is 22.8. The van der Waals surface area contributed by atoms with Gasteiger partial charge in [0.25, 0.3) is 11.8 Å². The number of benzene rings is 1. The number of rotatable bonds is 3. The Kier molecular flexibility index (Phi) is 4.20. The molecule has 0 aliphatic heterocycles.